The number of nitrogens with zero attached hydrogens (tertiary/aromatic N) is 3. The molecule has 4 rings (SSSR count). The molecule has 7 nitrogen and oxygen atoms in total. The molecule has 1 aromatic heterocycles. The molecular weight excluding hydrogens is 356 g/mol. The van der Waals surface area contributed by atoms with Crippen LogP contribution in [0.2, 0.25) is 0 Å². The van der Waals surface area contributed by atoms with Crippen molar-refractivity contribution in [1.82, 2.24) is 9.97 Å². The lowest BCUT2D eigenvalue weighted by Crippen LogP contribution is -2.26. The first kappa shape index (κ1) is 17.4. The number of imidazole rings is 1. The summed E-state index contributed by atoms with van der Waals surface area (Å²) in [6.07, 6.45) is 0. The molecule has 7 heteroatoms. The largest absolute Gasteiger partial charge is 0.338 e. The highest BCUT2D eigenvalue weighted by atomic mass is 16.6. The number of nitro groups is 1. The Hall–Kier alpha value is -4.00. The van der Waals surface area contributed by atoms with Gasteiger partial charge in [-0.3, -0.25) is 14.9 Å². The zero-order chi connectivity index (χ0) is 19.7. The summed E-state index contributed by atoms with van der Waals surface area (Å²) in [5.74, 6) is 0.463. The van der Waals surface area contributed by atoms with E-state index in [0.29, 0.717) is 16.9 Å². The van der Waals surface area contributed by atoms with Crippen LogP contribution < -0.4 is 4.90 Å². The van der Waals surface area contributed by atoms with E-state index in [1.165, 1.54) is 12.1 Å². The first-order valence-electron chi connectivity index (χ1n) is 8.60. The molecule has 28 heavy (non-hydrogen) atoms. The number of aromatic nitrogens is 2. The molecule has 0 saturated carbocycles. The summed E-state index contributed by atoms with van der Waals surface area (Å²) in [5.41, 5.74) is 3.54. The molecule has 3 aromatic carbocycles. The molecule has 4 aromatic rings. The van der Waals surface area contributed by atoms with Gasteiger partial charge in [-0.15, -0.1) is 0 Å². The summed E-state index contributed by atoms with van der Waals surface area (Å²) < 4.78 is 0. The van der Waals surface area contributed by atoms with Crippen LogP contribution in [-0.4, -0.2) is 27.8 Å². The number of anilines is 1. The van der Waals surface area contributed by atoms with Crippen LogP contribution >= 0.6 is 0 Å². The van der Waals surface area contributed by atoms with E-state index in [1.54, 1.807) is 42.3 Å². The van der Waals surface area contributed by atoms with Crippen molar-refractivity contribution in [2.24, 2.45) is 0 Å². The molecule has 0 radical (unpaired) electrons. The van der Waals surface area contributed by atoms with E-state index in [2.05, 4.69) is 9.97 Å². The number of carbonyl (C=O) groups is 1. The Bertz CT molecular complexity index is 1170. The second-order valence-electron chi connectivity index (χ2n) is 6.32. The van der Waals surface area contributed by atoms with Gasteiger partial charge in [0.1, 0.15) is 5.82 Å². The lowest BCUT2D eigenvalue weighted by molar-refractivity contribution is -0.384. The Labute approximate surface area is 160 Å². The fourth-order valence-electron chi connectivity index (χ4n) is 2.98. The van der Waals surface area contributed by atoms with Crippen LogP contribution in [0.4, 0.5) is 11.4 Å². The molecule has 0 atom stereocenters. The molecule has 138 valence electrons. The number of para-hydroxylation sites is 1. The number of carbonyl (C=O) groups excluding carboxylic acids is 1. The van der Waals surface area contributed by atoms with E-state index in [9.17, 15) is 14.9 Å². The maximum absolute atomic E-state index is 12.8. The minimum atomic E-state index is -0.441. The minimum Gasteiger partial charge on any atom is -0.338 e. The van der Waals surface area contributed by atoms with Crippen molar-refractivity contribution in [2.75, 3.05) is 11.9 Å². The number of hydrogen-bond acceptors (Lipinski definition) is 4. The van der Waals surface area contributed by atoms with Crippen molar-refractivity contribution in [3.05, 3.63) is 88.5 Å². The van der Waals surface area contributed by atoms with Gasteiger partial charge in [0, 0.05) is 36.0 Å². The van der Waals surface area contributed by atoms with Gasteiger partial charge in [-0.2, -0.15) is 0 Å². The third-order valence-electron chi connectivity index (χ3n) is 4.53. The third kappa shape index (κ3) is 3.21. The van der Waals surface area contributed by atoms with E-state index in [-0.39, 0.29) is 11.6 Å². The van der Waals surface area contributed by atoms with Crippen molar-refractivity contribution in [2.45, 2.75) is 0 Å². The lowest BCUT2D eigenvalue weighted by atomic mass is 10.1. The average molecular weight is 372 g/mol. The predicted molar refractivity (Wildman–Crippen MR) is 107 cm³/mol. The second-order valence-corrected chi connectivity index (χ2v) is 6.32. The predicted octanol–water partition coefficient (Wildman–Crippen LogP) is 4.41. The lowest BCUT2D eigenvalue weighted by Gasteiger charge is -2.17. The minimum absolute atomic E-state index is 0.0247. The maximum Gasteiger partial charge on any atom is 0.269 e. The first-order valence-corrected chi connectivity index (χ1v) is 8.60. The number of aromatic amines is 1. The van der Waals surface area contributed by atoms with E-state index < -0.39 is 4.92 Å². The monoisotopic (exact) mass is 372 g/mol. The van der Waals surface area contributed by atoms with Crippen molar-refractivity contribution < 1.29 is 9.72 Å². The molecule has 0 aliphatic heterocycles. The number of fused-ring (bicyclic) bond motifs is 1. The number of hydrogen-bond donors (Lipinski definition) is 1. The summed E-state index contributed by atoms with van der Waals surface area (Å²) in [7, 11) is 1.73. The number of nitrogens with one attached hydrogen (secondary N) is 1. The fraction of sp³-hybridized carbons (Fsp3) is 0.0476. The molecule has 0 aliphatic carbocycles. The number of non-ortho nitro benzene ring substituents is 1. The SMILES string of the molecule is CN(C(=O)c1ccc2nc(-c3ccc([N+](=O)[O-])cc3)[nH]c2c1)c1ccccc1. The van der Waals surface area contributed by atoms with Crippen LogP contribution in [0.25, 0.3) is 22.4 Å². The van der Waals surface area contributed by atoms with E-state index in [1.807, 2.05) is 30.3 Å². The van der Waals surface area contributed by atoms with Gasteiger partial charge >= 0.3 is 0 Å². The molecule has 0 aliphatic rings. The van der Waals surface area contributed by atoms with Crippen molar-refractivity contribution in [3.8, 4) is 11.4 Å². The summed E-state index contributed by atoms with van der Waals surface area (Å²) in [6.45, 7) is 0. The van der Waals surface area contributed by atoms with E-state index >= 15 is 0 Å². The number of H-pyrrole nitrogens is 1. The van der Waals surface area contributed by atoms with Crippen LogP contribution in [0.15, 0.2) is 72.8 Å². The normalized spacial score (nSPS) is 10.8. The van der Waals surface area contributed by atoms with Crippen molar-refractivity contribution in [3.63, 3.8) is 0 Å². The summed E-state index contributed by atoms with van der Waals surface area (Å²) in [6, 6.07) is 20.9. The molecule has 0 bridgehead atoms. The summed E-state index contributed by atoms with van der Waals surface area (Å²) >= 11 is 0. The Kier molecular flexibility index (Phi) is 4.33. The van der Waals surface area contributed by atoms with Gasteiger partial charge in [0.15, 0.2) is 0 Å². The summed E-state index contributed by atoms with van der Waals surface area (Å²) in [4.78, 5) is 32.4. The van der Waals surface area contributed by atoms with Crippen LogP contribution in [-0.2, 0) is 0 Å². The highest BCUT2D eigenvalue weighted by molar-refractivity contribution is 6.07. The molecule has 0 fully saturated rings. The molecule has 1 amide bonds. The average Bonchev–Trinajstić information content (AvgIpc) is 3.16. The smallest absolute Gasteiger partial charge is 0.269 e. The Morgan fingerprint density at radius 1 is 1.04 bits per heavy atom. The van der Waals surface area contributed by atoms with E-state index in [0.717, 1.165) is 16.8 Å². The summed E-state index contributed by atoms with van der Waals surface area (Å²) in [5, 5.41) is 10.8. The topological polar surface area (TPSA) is 92.1 Å². The van der Waals surface area contributed by atoms with Crippen LogP contribution in [0.5, 0.6) is 0 Å². The molecule has 0 spiro atoms. The third-order valence-corrected chi connectivity index (χ3v) is 4.53. The number of amides is 1. The molecule has 0 unspecified atom stereocenters. The van der Waals surface area contributed by atoms with Gasteiger partial charge in [-0.25, -0.2) is 4.98 Å². The van der Waals surface area contributed by atoms with Crippen LogP contribution in [0.1, 0.15) is 10.4 Å². The first-order chi connectivity index (χ1) is 13.5. The van der Waals surface area contributed by atoms with Gasteiger partial charge in [0.05, 0.1) is 16.0 Å². The number of benzene rings is 3. The van der Waals surface area contributed by atoms with Gasteiger partial charge in [-0.05, 0) is 42.5 Å². The zero-order valence-electron chi connectivity index (χ0n) is 15.0. The van der Waals surface area contributed by atoms with Gasteiger partial charge in [0.25, 0.3) is 11.6 Å². The standard InChI is InChI=1S/C21H16N4O3/c1-24(16-5-3-2-4-6-16)21(26)15-9-12-18-19(13-15)23-20(22-18)14-7-10-17(11-8-14)25(27)28/h2-13H,1H3,(H,22,23). The Morgan fingerprint density at radius 3 is 2.43 bits per heavy atom. The molecule has 0 saturated heterocycles. The van der Waals surface area contributed by atoms with Crippen molar-refractivity contribution in [1.29, 1.82) is 0 Å². The Morgan fingerprint density at radius 2 is 1.75 bits per heavy atom. The zero-order valence-corrected chi connectivity index (χ0v) is 15.0. The Balaban J connectivity index is 1.64. The second kappa shape index (κ2) is 6.96. The van der Waals surface area contributed by atoms with E-state index in [4.69, 9.17) is 0 Å². The van der Waals surface area contributed by atoms with Gasteiger partial charge in [-0.1, -0.05) is 18.2 Å². The highest BCUT2D eigenvalue weighted by Gasteiger charge is 2.15. The highest BCUT2D eigenvalue weighted by Crippen LogP contribution is 2.24. The van der Waals surface area contributed by atoms with Gasteiger partial charge in [0.2, 0.25) is 0 Å². The number of nitro benzene ring substituents is 1. The molecule has 1 N–H and O–H groups in total. The van der Waals surface area contributed by atoms with Crippen LogP contribution in [0, 0.1) is 10.1 Å². The maximum atomic E-state index is 12.8. The number of rotatable bonds is 4. The molecule has 1 heterocycles. The van der Waals surface area contributed by atoms with Crippen LogP contribution in [0.3, 0.4) is 0 Å². The van der Waals surface area contributed by atoms with Gasteiger partial charge < -0.3 is 9.88 Å². The molecular formula is C21H16N4O3. The fourth-order valence-corrected chi connectivity index (χ4v) is 2.98. The quantitative estimate of drug-likeness (QED) is 0.424. The van der Waals surface area contributed by atoms with Crippen molar-refractivity contribution >= 4 is 28.3 Å².